The minimum atomic E-state index is 0. The van der Waals surface area contributed by atoms with Crippen molar-refractivity contribution in [3.05, 3.63) is 15.8 Å². The number of nitrogens with two attached hydrogens (primary N) is 1. The highest BCUT2D eigenvalue weighted by atomic mass is 35.5. The van der Waals surface area contributed by atoms with Crippen LogP contribution in [0.4, 0.5) is 0 Å². The van der Waals surface area contributed by atoms with E-state index in [2.05, 4.69) is 12.3 Å². The molecule has 1 aliphatic heterocycles. The van der Waals surface area contributed by atoms with E-state index < -0.39 is 0 Å². The summed E-state index contributed by atoms with van der Waals surface area (Å²) in [5, 5.41) is 2.13. The Morgan fingerprint density at radius 1 is 1.67 bits per heavy atom. The van der Waals surface area contributed by atoms with Gasteiger partial charge in [0.1, 0.15) is 12.4 Å². The fourth-order valence-corrected chi connectivity index (χ4v) is 2.37. The van der Waals surface area contributed by atoms with Crippen LogP contribution in [-0.4, -0.2) is 12.6 Å². The predicted octanol–water partition coefficient (Wildman–Crippen LogP) is 1.74. The van der Waals surface area contributed by atoms with Gasteiger partial charge in [0, 0.05) is 22.9 Å². The first kappa shape index (κ1) is 9.84. The number of hydrogen-bond acceptors (Lipinski definition) is 3. The average molecular weight is 206 g/mol. The van der Waals surface area contributed by atoms with E-state index in [1.165, 1.54) is 10.4 Å². The molecule has 2 heterocycles. The maximum absolute atomic E-state index is 5.74. The molecule has 0 spiro atoms. The molecule has 0 fully saturated rings. The van der Waals surface area contributed by atoms with Crippen molar-refractivity contribution < 1.29 is 4.74 Å². The zero-order valence-corrected chi connectivity index (χ0v) is 8.50. The normalized spacial score (nSPS) is 20.7. The third-order valence-corrected chi connectivity index (χ3v) is 2.99. The Kier molecular flexibility index (Phi) is 2.99. The number of hydrogen-bond donors (Lipinski definition) is 1. The van der Waals surface area contributed by atoms with Crippen molar-refractivity contribution in [1.29, 1.82) is 0 Å². The van der Waals surface area contributed by atoms with Crippen molar-refractivity contribution in [1.82, 2.24) is 0 Å². The molecule has 1 aromatic heterocycles. The molecule has 2 rings (SSSR count). The molecule has 1 aliphatic rings. The van der Waals surface area contributed by atoms with Gasteiger partial charge in [-0.3, -0.25) is 0 Å². The van der Waals surface area contributed by atoms with E-state index in [0.29, 0.717) is 6.61 Å². The summed E-state index contributed by atoms with van der Waals surface area (Å²) in [5.74, 6) is 1.08. The van der Waals surface area contributed by atoms with Crippen LogP contribution < -0.4 is 10.5 Å². The Labute approximate surface area is 82.1 Å². The van der Waals surface area contributed by atoms with Gasteiger partial charge in [-0.05, 0) is 12.3 Å². The molecule has 2 N–H and O–H groups in total. The van der Waals surface area contributed by atoms with Crippen LogP contribution in [0.15, 0.2) is 5.38 Å². The van der Waals surface area contributed by atoms with E-state index >= 15 is 0 Å². The Morgan fingerprint density at radius 2 is 2.42 bits per heavy atom. The van der Waals surface area contributed by atoms with Gasteiger partial charge in [0.15, 0.2) is 0 Å². The van der Waals surface area contributed by atoms with Gasteiger partial charge in [-0.15, -0.1) is 23.7 Å². The smallest absolute Gasteiger partial charge is 0.136 e. The summed E-state index contributed by atoms with van der Waals surface area (Å²) in [6, 6.07) is 0.195. The lowest BCUT2D eigenvalue weighted by Gasteiger charge is -2.19. The van der Waals surface area contributed by atoms with Crippen LogP contribution in [0.5, 0.6) is 5.75 Å². The molecule has 0 amide bonds. The molecular weight excluding hydrogens is 194 g/mol. The van der Waals surface area contributed by atoms with Gasteiger partial charge >= 0.3 is 0 Å². The second kappa shape index (κ2) is 3.64. The number of fused-ring (bicyclic) bond motifs is 1. The van der Waals surface area contributed by atoms with E-state index in [0.717, 1.165) is 12.2 Å². The molecule has 0 aromatic carbocycles. The molecule has 0 saturated heterocycles. The summed E-state index contributed by atoms with van der Waals surface area (Å²) in [7, 11) is 0. The largest absolute Gasteiger partial charge is 0.491 e. The predicted molar refractivity (Wildman–Crippen MR) is 53.5 cm³/mol. The Balaban J connectivity index is 0.000000720. The van der Waals surface area contributed by atoms with E-state index in [1.54, 1.807) is 11.3 Å². The van der Waals surface area contributed by atoms with Crippen LogP contribution in [0, 0.1) is 6.92 Å². The molecule has 0 radical (unpaired) electrons. The topological polar surface area (TPSA) is 35.2 Å². The third-order valence-electron chi connectivity index (χ3n) is 1.88. The molecule has 4 heteroatoms. The molecule has 0 saturated carbocycles. The number of thiophene rings is 1. The lowest BCUT2D eigenvalue weighted by molar-refractivity contribution is 0.265. The van der Waals surface area contributed by atoms with Crippen molar-refractivity contribution in [3.8, 4) is 5.75 Å². The maximum atomic E-state index is 5.74. The zero-order chi connectivity index (χ0) is 7.84. The average Bonchev–Trinajstić information content (AvgIpc) is 2.32. The van der Waals surface area contributed by atoms with Crippen molar-refractivity contribution in [3.63, 3.8) is 0 Å². The Morgan fingerprint density at radius 3 is 3.17 bits per heavy atom. The third kappa shape index (κ3) is 1.58. The summed E-state index contributed by atoms with van der Waals surface area (Å²) in [5.41, 5.74) is 6.99. The summed E-state index contributed by atoms with van der Waals surface area (Å²) >= 11 is 1.75. The minimum absolute atomic E-state index is 0. The van der Waals surface area contributed by atoms with Gasteiger partial charge in [-0.1, -0.05) is 0 Å². The van der Waals surface area contributed by atoms with Gasteiger partial charge < -0.3 is 10.5 Å². The van der Waals surface area contributed by atoms with Crippen molar-refractivity contribution in [2.75, 3.05) is 6.61 Å². The van der Waals surface area contributed by atoms with Gasteiger partial charge in [0.05, 0.1) is 0 Å². The molecular formula is C8H12ClNOS. The first-order valence-electron chi connectivity index (χ1n) is 3.72. The quantitative estimate of drug-likeness (QED) is 0.701. The van der Waals surface area contributed by atoms with E-state index in [4.69, 9.17) is 10.5 Å². The van der Waals surface area contributed by atoms with Gasteiger partial charge in [0.2, 0.25) is 0 Å². The SMILES string of the molecule is Cc1csc2c1OCC(N)C2.Cl. The van der Waals surface area contributed by atoms with Gasteiger partial charge in [-0.2, -0.15) is 0 Å². The standard InChI is InChI=1S/C8H11NOS.ClH/c1-5-4-11-7-2-6(9)3-10-8(5)7;/h4,6H,2-3,9H2,1H3;1H. The number of rotatable bonds is 0. The molecule has 12 heavy (non-hydrogen) atoms. The molecule has 0 bridgehead atoms. The summed E-state index contributed by atoms with van der Waals surface area (Å²) in [4.78, 5) is 1.31. The monoisotopic (exact) mass is 205 g/mol. The Bertz CT molecular complexity index is 274. The second-order valence-electron chi connectivity index (χ2n) is 2.95. The Hall–Kier alpha value is -0.250. The van der Waals surface area contributed by atoms with Crippen LogP contribution in [0.1, 0.15) is 10.4 Å². The summed E-state index contributed by atoms with van der Waals surface area (Å²) in [6.45, 7) is 2.75. The lowest BCUT2D eigenvalue weighted by Crippen LogP contribution is -2.33. The number of aryl methyl sites for hydroxylation is 1. The highest BCUT2D eigenvalue weighted by Gasteiger charge is 2.19. The highest BCUT2D eigenvalue weighted by molar-refractivity contribution is 7.10. The maximum Gasteiger partial charge on any atom is 0.136 e. The van der Waals surface area contributed by atoms with Crippen molar-refractivity contribution in [2.24, 2.45) is 5.73 Å². The van der Waals surface area contributed by atoms with Crippen molar-refractivity contribution in [2.45, 2.75) is 19.4 Å². The molecule has 0 aliphatic carbocycles. The zero-order valence-electron chi connectivity index (χ0n) is 6.87. The van der Waals surface area contributed by atoms with Crippen LogP contribution in [0.2, 0.25) is 0 Å². The van der Waals surface area contributed by atoms with E-state index in [9.17, 15) is 0 Å². The molecule has 1 atom stereocenters. The summed E-state index contributed by atoms with van der Waals surface area (Å²) in [6.07, 6.45) is 0.980. The molecule has 2 nitrogen and oxygen atoms in total. The fourth-order valence-electron chi connectivity index (χ4n) is 1.31. The number of halogens is 1. The van der Waals surface area contributed by atoms with E-state index in [1.807, 2.05) is 0 Å². The fraction of sp³-hybridized carbons (Fsp3) is 0.500. The first-order chi connectivity index (χ1) is 5.27. The van der Waals surface area contributed by atoms with Crippen LogP contribution in [0.3, 0.4) is 0 Å². The highest BCUT2D eigenvalue weighted by Crippen LogP contribution is 2.33. The minimum Gasteiger partial charge on any atom is -0.491 e. The summed E-state index contributed by atoms with van der Waals surface area (Å²) < 4.78 is 5.49. The lowest BCUT2D eigenvalue weighted by atomic mass is 10.1. The van der Waals surface area contributed by atoms with Crippen molar-refractivity contribution >= 4 is 23.7 Å². The molecule has 68 valence electrons. The van der Waals surface area contributed by atoms with Gasteiger partial charge in [-0.25, -0.2) is 0 Å². The van der Waals surface area contributed by atoms with Crippen LogP contribution >= 0.6 is 23.7 Å². The first-order valence-corrected chi connectivity index (χ1v) is 4.60. The van der Waals surface area contributed by atoms with Gasteiger partial charge in [0.25, 0.3) is 0 Å². The second-order valence-corrected chi connectivity index (χ2v) is 3.91. The van der Waals surface area contributed by atoms with Crippen LogP contribution in [-0.2, 0) is 6.42 Å². The van der Waals surface area contributed by atoms with E-state index in [-0.39, 0.29) is 18.4 Å². The molecule has 1 unspecified atom stereocenters. The number of ether oxygens (including phenoxy) is 1. The molecule has 1 aromatic rings. The van der Waals surface area contributed by atoms with Crippen LogP contribution in [0.25, 0.3) is 0 Å².